The molecular formula is C12H14N. The highest BCUT2D eigenvalue weighted by Crippen LogP contribution is 2.19. The van der Waals surface area contributed by atoms with E-state index in [4.69, 9.17) is 0 Å². The molecule has 1 heteroatoms. The number of para-hydroxylation sites is 1. The molecule has 0 unspecified atom stereocenters. The number of aromatic nitrogens is 1. The van der Waals surface area contributed by atoms with Crippen LogP contribution in [0.2, 0.25) is 0 Å². The number of fused-ring (bicyclic) bond motifs is 1. The van der Waals surface area contributed by atoms with E-state index in [0.29, 0.717) is 0 Å². The van der Waals surface area contributed by atoms with Crippen molar-refractivity contribution in [3.8, 4) is 0 Å². The summed E-state index contributed by atoms with van der Waals surface area (Å²) < 4.78 is 0. The monoisotopic (exact) mass is 172 g/mol. The molecule has 1 radical (unpaired) electrons. The second-order valence-corrected chi connectivity index (χ2v) is 3.74. The Kier molecular flexibility index (Phi) is 2.09. The van der Waals surface area contributed by atoms with Crippen molar-refractivity contribution in [2.75, 3.05) is 0 Å². The van der Waals surface area contributed by atoms with Crippen LogP contribution in [-0.4, -0.2) is 4.98 Å². The fraction of sp³-hybridized carbons (Fsp3) is 0.250. The van der Waals surface area contributed by atoms with Crippen molar-refractivity contribution in [2.24, 2.45) is 0 Å². The zero-order chi connectivity index (χ0) is 9.26. The number of benzene rings is 1. The molecule has 67 valence electrons. The van der Waals surface area contributed by atoms with Gasteiger partial charge in [0.15, 0.2) is 0 Å². The smallest absolute Gasteiger partial charge is 0.0486 e. The highest BCUT2D eigenvalue weighted by atomic mass is 14.7. The third-order valence-electron chi connectivity index (χ3n) is 2.22. The van der Waals surface area contributed by atoms with E-state index in [9.17, 15) is 0 Å². The Bertz CT molecular complexity index is 398. The SMILES string of the molecule is C[C](C)Cc1cccc2cc[nH]c12. The van der Waals surface area contributed by atoms with Gasteiger partial charge in [-0.25, -0.2) is 0 Å². The Morgan fingerprint density at radius 2 is 2.08 bits per heavy atom. The van der Waals surface area contributed by atoms with E-state index in [1.54, 1.807) is 0 Å². The van der Waals surface area contributed by atoms with E-state index in [-0.39, 0.29) is 0 Å². The zero-order valence-electron chi connectivity index (χ0n) is 8.09. The minimum atomic E-state index is 1.07. The van der Waals surface area contributed by atoms with Crippen LogP contribution in [-0.2, 0) is 6.42 Å². The average Bonchev–Trinajstić information content (AvgIpc) is 2.51. The molecule has 0 bridgehead atoms. The molecule has 13 heavy (non-hydrogen) atoms. The molecule has 0 saturated carbocycles. The van der Waals surface area contributed by atoms with Crippen LogP contribution in [0.15, 0.2) is 30.5 Å². The standard InChI is InChI=1S/C12H14N/c1-9(2)8-11-5-3-4-10-6-7-13-12(10)11/h3-7,13H,8H2,1-2H3. The predicted octanol–water partition coefficient (Wildman–Crippen LogP) is 3.32. The molecule has 1 aromatic carbocycles. The maximum atomic E-state index is 3.28. The topological polar surface area (TPSA) is 15.8 Å². The van der Waals surface area contributed by atoms with Gasteiger partial charge in [0.2, 0.25) is 0 Å². The number of nitrogens with one attached hydrogen (secondary N) is 1. The first kappa shape index (κ1) is 8.36. The van der Waals surface area contributed by atoms with E-state index in [0.717, 1.165) is 6.42 Å². The van der Waals surface area contributed by atoms with Crippen molar-refractivity contribution >= 4 is 10.9 Å². The molecule has 1 N–H and O–H groups in total. The molecular weight excluding hydrogens is 158 g/mol. The molecule has 0 amide bonds. The number of aromatic amines is 1. The van der Waals surface area contributed by atoms with Crippen LogP contribution < -0.4 is 0 Å². The lowest BCUT2D eigenvalue weighted by atomic mass is 10.0. The third kappa shape index (κ3) is 1.59. The normalized spacial score (nSPS) is 11.3. The number of hydrogen-bond acceptors (Lipinski definition) is 0. The Morgan fingerprint density at radius 3 is 2.85 bits per heavy atom. The van der Waals surface area contributed by atoms with Gasteiger partial charge < -0.3 is 4.98 Å². The number of hydrogen-bond donors (Lipinski definition) is 1. The van der Waals surface area contributed by atoms with Gasteiger partial charge in [-0.15, -0.1) is 0 Å². The molecule has 0 atom stereocenters. The van der Waals surface area contributed by atoms with Gasteiger partial charge in [0.1, 0.15) is 0 Å². The van der Waals surface area contributed by atoms with Gasteiger partial charge in [0.25, 0.3) is 0 Å². The first-order valence-electron chi connectivity index (χ1n) is 4.61. The van der Waals surface area contributed by atoms with E-state index < -0.39 is 0 Å². The Labute approximate surface area is 78.8 Å². The lowest BCUT2D eigenvalue weighted by Crippen LogP contribution is -1.92. The fourth-order valence-electron chi connectivity index (χ4n) is 1.68. The van der Waals surface area contributed by atoms with Crippen molar-refractivity contribution in [3.05, 3.63) is 41.9 Å². The molecule has 0 aliphatic rings. The summed E-state index contributed by atoms with van der Waals surface area (Å²) in [4.78, 5) is 3.28. The second kappa shape index (κ2) is 3.25. The summed E-state index contributed by atoms with van der Waals surface area (Å²) in [5.74, 6) is 1.45. The van der Waals surface area contributed by atoms with E-state index in [2.05, 4.69) is 43.1 Å². The Balaban J connectivity index is 2.48. The van der Waals surface area contributed by atoms with E-state index >= 15 is 0 Å². The summed E-state index contributed by atoms with van der Waals surface area (Å²) in [6.45, 7) is 4.34. The van der Waals surface area contributed by atoms with Crippen LogP contribution in [0.4, 0.5) is 0 Å². The van der Waals surface area contributed by atoms with Crippen LogP contribution in [0.25, 0.3) is 10.9 Å². The minimum Gasteiger partial charge on any atom is -0.361 e. The molecule has 1 heterocycles. The molecule has 1 aromatic heterocycles. The second-order valence-electron chi connectivity index (χ2n) is 3.74. The largest absolute Gasteiger partial charge is 0.361 e. The van der Waals surface area contributed by atoms with Crippen LogP contribution in [0.5, 0.6) is 0 Å². The summed E-state index contributed by atoms with van der Waals surface area (Å²) in [5.41, 5.74) is 2.67. The van der Waals surface area contributed by atoms with Crippen LogP contribution >= 0.6 is 0 Å². The van der Waals surface area contributed by atoms with Gasteiger partial charge in [0, 0.05) is 11.7 Å². The van der Waals surface area contributed by atoms with Crippen molar-refractivity contribution in [1.29, 1.82) is 0 Å². The zero-order valence-corrected chi connectivity index (χ0v) is 8.09. The first-order valence-corrected chi connectivity index (χ1v) is 4.61. The molecule has 2 rings (SSSR count). The lowest BCUT2D eigenvalue weighted by molar-refractivity contribution is 0.962. The van der Waals surface area contributed by atoms with E-state index in [1.807, 2.05) is 6.20 Å². The molecule has 0 fully saturated rings. The van der Waals surface area contributed by atoms with Gasteiger partial charge in [-0.05, 0) is 29.4 Å². The van der Waals surface area contributed by atoms with Gasteiger partial charge in [-0.1, -0.05) is 32.0 Å². The molecule has 2 aromatic rings. The summed E-state index contributed by atoms with van der Waals surface area (Å²) in [6, 6.07) is 8.56. The molecule has 1 nitrogen and oxygen atoms in total. The Morgan fingerprint density at radius 1 is 1.23 bits per heavy atom. The number of H-pyrrole nitrogens is 1. The Hall–Kier alpha value is -1.24. The van der Waals surface area contributed by atoms with Crippen molar-refractivity contribution < 1.29 is 0 Å². The van der Waals surface area contributed by atoms with E-state index in [1.165, 1.54) is 22.4 Å². The van der Waals surface area contributed by atoms with Gasteiger partial charge >= 0.3 is 0 Å². The summed E-state index contributed by atoms with van der Waals surface area (Å²) in [5, 5.41) is 1.30. The molecule has 0 saturated heterocycles. The highest BCUT2D eigenvalue weighted by molar-refractivity contribution is 5.82. The maximum Gasteiger partial charge on any atom is 0.0486 e. The van der Waals surface area contributed by atoms with Crippen molar-refractivity contribution in [2.45, 2.75) is 20.3 Å². The summed E-state index contributed by atoms with van der Waals surface area (Å²) in [7, 11) is 0. The van der Waals surface area contributed by atoms with Crippen LogP contribution in [0.1, 0.15) is 19.4 Å². The summed E-state index contributed by atoms with van der Waals surface area (Å²) >= 11 is 0. The third-order valence-corrected chi connectivity index (χ3v) is 2.22. The minimum absolute atomic E-state index is 1.07. The van der Waals surface area contributed by atoms with Crippen LogP contribution in [0, 0.1) is 5.92 Å². The van der Waals surface area contributed by atoms with Gasteiger partial charge in [-0.2, -0.15) is 0 Å². The fourth-order valence-corrected chi connectivity index (χ4v) is 1.68. The molecule has 0 aliphatic heterocycles. The highest BCUT2D eigenvalue weighted by Gasteiger charge is 2.03. The van der Waals surface area contributed by atoms with Crippen LogP contribution in [0.3, 0.4) is 0 Å². The van der Waals surface area contributed by atoms with Gasteiger partial charge in [0.05, 0.1) is 0 Å². The molecule has 0 spiro atoms. The molecule has 0 aliphatic carbocycles. The van der Waals surface area contributed by atoms with Crippen molar-refractivity contribution in [1.82, 2.24) is 4.98 Å². The quantitative estimate of drug-likeness (QED) is 0.715. The predicted molar refractivity (Wildman–Crippen MR) is 56.6 cm³/mol. The average molecular weight is 172 g/mol. The first-order chi connectivity index (χ1) is 6.27. The number of rotatable bonds is 2. The van der Waals surface area contributed by atoms with Gasteiger partial charge in [-0.3, -0.25) is 0 Å². The van der Waals surface area contributed by atoms with Crippen molar-refractivity contribution in [3.63, 3.8) is 0 Å². The summed E-state index contributed by atoms with van der Waals surface area (Å²) in [6.07, 6.45) is 3.07. The maximum absolute atomic E-state index is 3.28. The lowest BCUT2D eigenvalue weighted by Gasteiger charge is -2.05.